The van der Waals surface area contributed by atoms with Crippen molar-refractivity contribution in [2.45, 2.75) is 91.1 Å². The van der Waals surface area contributed by atoms with Crippen LogP contribution in [0.15, 0.2) is 12.1 Å². The second kappa shape index (κ2) is 11.9. The maximum absolute atomic E-state index is 13.6. The molecule has 9 heteroatoms. The van der Waals surface area contributed by atoms with Crippen molar-refractivity contribution in [2.75, 3.05) is 19.8 Å². The molecule has 2 amide bonds. The highest BCUT2D eigenvalue weighted by atomic mass is 19.3. The molecule has 0 bridgehead atoms. The van der Waals surface area contributed by atoms with E-state index in [0.29, 0.717) is 43.6 Å². The first-order valence-electron chi connectivity index (χ1n) is 12.5. The lowest BCUT2D eigenvalue weighted by Crippen LogP contribution is -2.68. The molecule has 0 radical (unpaired) electrons. The number of aliphatic carboxylic acids is 1. The van der Waals surface area contributed by atoms with E-state index in [-0.39, 0.29) is 0 Å². The van der Waals surface area contributed by atoms with Crippen LogP contribution in [0, 0.1) is 12.8 Å². The number of ether oxygens (including phenoxy) is 2. The molecule has 1 aliphatic carbocycles. The molecule has 0 saturated heterocycles. The van der Waals surface area contributed by atoms with E-state index in [1.54, 1.807) is 0 Å². The SMILES string of the molecule is CCOc1cc([C@@H](C)N(CCCCC(C)C)C(=O)NC2(C(=O)O)CC(F)(F)C2)cc(OCC)c1C. The summed E-state index contributed by atoms with van der Waals surface area (Å²) in [5, 5.41) is 12.0. The van der Waals surface area contributed by atoms with E-state index >= 15 is 0 Å². The average molecular weight is 499 g/mol. The number of amides is 2. The Balaban J connectivity index is 2.35. The highest BCUT2D eigenvalue weighted by Crippen LogP contribution is 2.46. The van der Waals surface area contributed by atoms with Gasteiger partial charge in [0, 0.05) is 24.9 Å². The number of nitrogens with zero attached hydrogens (tertiary/aromatic N) is 1. The van der Waals surface area contributed by atoms with Crippen molar-refractivity contribution in [3.05, 3.63) is 23.3 Å². The van der Waals surface area contributed by atoms with Crippen molar-refractivity contribution in [3.63, 3.8) is 0 Å². The summed E-state index contributed by atoms with van der Waals surface area (Å²) in [7, 11) is 0. The lowest BCUT2D eigenvalue weighted by atomic mass is 9.73. The number of nitrogens with one attached hydrogen (secondary N) is 1. The van der Waals surface area contributed by atoms with Crippen LogP contribution in [0.1, 0.15) is 83.9 Å². The molecule has 1 fully saturated rings. The Morgan fingerprint density at radius 1 is 1.09 bits per heavy atom. The predicted octanol–water partition coefficient (Wildman–Crippen LogP) is 5.94. The van der Waals surface area contributed by atoms with Crippen LogP contribution < -0.4 is 14.8 Å². The fraction of sp³-hybridized carbons (Fsp3) is 0.692. The number of benzene rings is 1. The van der Waals surface area contributed by atoms with Crippen LogP contribution in [-0.4, -0.2) is 53.2 Å². The van der Waals surface area contributed by atoms with Crippen molar-refractivity contribution in [3.8, 4) is 11.5 Å². The first kappa shape index (κ1) is 28.7. The molecule has 0 aliphatic heterocycles. The van der Waals surface area contributed by atoms with Crippen LogP contribution in [0.2, 0.25) is 0 Å². The zero-order chi connectivity index (χ0) is 26.4. The van der Waals surface area contributed by atoms with E-state index in [4.69, 9.17) is 9.47 Å². The number of hydrogen-bond donors (Lipinski definition) is 2. The third-order valence-electron chi connectivity index (χ3n) is 6.45. The number of unbranched alkanes of at least 4 members (excludes halogenated alkanes) is 1. The fourth-order valence-electron chi connectivity index (χ4n) is 4.42. The van der Waals surface area contributed by atoms with Gasteiger partial charge in [0.2, 0.25) is 0 Å². The van der Waals surface area contributed by atoms with Gasteiger partial charge in [-0.2, -0.15) is 0 Å². The van der Waals surface area contributed by atoms with E-state index < -0.39 is 42.3 Å². The lowest BCUT2D eigenvalue weighted by Gasteiger charge is -2.45. The summed E-state index contributed by atoms with van der Waals surface area (Å²) in [6.07, 6.45) is 0.754. The molecule has 1 aliphatic rings. The van der Waals surface area contributed by atoms with Crippen LogP contribution in [0.3, 0.4) is 0 Å². The summed E-state index contributed by atoms with van der Waals surface area (Å²) in [6, 6.07) is 2.56. The molecule has 198 valence electrons. The topological polar surface area (TPSA) is 88.1 Å². The maximum atomic E-state index is 13.6. The van der Waals surface area contributed by atoms with Crippen molar-refractivity contribution in [1.29, 1.82) is 0 Å². The van der Waals surface area contributed by atoms with Gasteiger partial charge in [0.05, 0.1) is 19.3 Å². The molecule has 1 atom stereocenters. The number of hydrogen-bond acceptors (Lipinski definition) is 4. The van der Waals surface area contributed by atoms with Crippen molar-refractivity contribution in [1.82, 2.24) is 10.2 Å². The molecule has 0 unspecified atom stereocenters. The number of alkyl halides is 2. The number of halogens is 2. The van der Waals surface area contributed by atoms with Crippen molar-refractivity contribution >= 4 is 12.0 Å². The predicted molar refractivity (Wildman–Crippen MR) is 130 cm³/mol. The summed E-state index contributed by atoms with van der Waals surface area (Å²) in [5.41, 5.74) is -0.361. The minimum Gasteiger partial charge on any atom is -0.493 e. The zero-order valence-electron chi connectivity index (χ0n) is 21.7. The number of carbonyl (C=O) groups excluding carboxylic acids is 1. The van der Waals surface area contributed by atoms with Crippen LogP contribution in [0.25, 0.3) is 0 Å². The minimum atomic E-state index is -3.10. The molecule has 2 rings (SSSR count). The van der Waals surface area contributed by atoms with Gasteiger partial charge in [-0.05, 0) is 57.7 Å². The van der Waals surface area contributed by atoms with E-state index in [0.717, 1.165) is 24.0 Å². The summed E-state index contributed by atoms with van der Waals surface area (Å²) in [6.45, 7) is 13.0. The number of rotatable bonds is 13. The Bertz CT molecular complexity index is 855. The monoisotopic (exact) mass is 498 g/mol. The Labute approximate surface area is 207 Å². The zero-order valence-corrected chi connectivity index (χ0v) is 21.7. The standard InChI is InChI=1S/C26H40F2N2O5/c1-7-34-21-13-20(14-22(18(21)5)35-8-2)19(6)30(12-10-9-11-17(3)4)24(33)29-25(23(31)32)15-26(27,28)16-25/h13-14,17,19H,7-12,15-16H2,1-6H3,(H,29,33)(H,31,32)/t19-/m1/s1. The van der Waals surface area contributed by atoms with E-state index in [1.165, 1.54) is 4.90 Å². The number of carboxylic acids is 1. The fourth-order valence-corrected chi connectivity index (χ4v) is 4.42. The van der Waals surface area contributed by atoms with E-state index in [9.17, 15) is 23.5 Å². The third-order valence-corrected chi connectivity index (χ3v) is 6.45. The molecule has 1 aromatic carbocycles. The van der Waals surface area contributed by atoms with Gasteiger partial charge in [-0.3, -0.25) is 0 Å². The van der Waals surface area contributed by atoms with Gasteiger partial charge in [0.25, 0.3) is 5.92 Å². The Morgan fingerprint density at radius 3 is 2.06 bits per heavy atom. The average Bonchev–Trinajstić information content (AvgIpc) is 2.74. The molecule has 1 saturated carbocycles. The molecule has 2 N–H and O–H groups in total. The minimum absolute atomic E-state index is 0.355. The second-order valence-corrected chi connectivity index (χ2v) is 9.79. The molecule has 0 heterocycles. The first-order valence-corrected chi connectivity index (χ1v) is 12.5. The highest BCUT2D eigenvalue weighted by Gasteiger charge is 2.62. The summed E-state index contributed by atoms with van der Waals surface area (Å²) in [5.74, 6) is -2.75. The molecular formula is C26H40F2N2O5. The van der Waals surface area contributed by atoms with Crippen molar-refractivity contribution < 1.29 is 33.0 Å². The normalized spacial score (nSPS) is 16.8. The van der Waals surface area contributed by atoms with Crippen LogP contribution in [0.5, 0.6) is 11.5 Å². The lowest BCUT2D eigenvalue weighted by molar-refractivity contribution is -0.175. The number of urea groups is 1. The maximum Gasteiger partial charge on any atom is 0.329 e. The number of carboxylic acid groups (broad SMARTS) is 1. The van der Waals surface area contributed by atoms with Crippen LogP contribution in [0.4, 0.5) is 13.6 Å². The molecule has 7 nitrogen and oxygen atoms in total. The first-order chi connectivity index (χ1) is 16.4. The van der Waals surface area contributed by atoms with E-state index in [2.05, 4.69) is 19.2 Å². The highest BCUT2D eigenvalue weighted by molar-refractivity contribution is 5.88. The molecule has 0 aromatic heterocycles. The third kappa shape index (κ3) is 7.21. The largest absolute Gasteiger partial charge is 0.493 e. The molecule has 1 aromatic rings. The van der Waals surface area contributed by atoms with E-state index in [1.807, 2.05) is 39.8 Å². The van der Waals surface area contributed by atoms with Gasteiger partial charge < -0.3 is 24.8 Å². The summed E-state index contributed by atoms with van der Waals surface area (Å²) < 4.78 is 38.8. The van der Waals surface area contributed by atoms with Gasteiger partial charge in [0.15, 0.2) is 5.54 Å². The quantitative estimate of drug-likeness (QED) is 0.329. The number of carbonyl (C=O) groups is 2. The van der Waals surface area contributed by atoms with Gasteiger partial charge in [-0.25, -0.2) is 18.4 Å². The van der Waals surface area contributed by atoms with Crippen molar-refractivity contribution in [2.24, 2.45) is 5.92 Å². The van der Waals surface area contributed by atoms with Crippen LogP contribution in [-0.2, 0) is 4.79 Å². The molecule has 35 heavy (non-hydrogen) atoms. The Hall–Kier alpha value is -2.58. The smallest absolute Gasteiger partial charge is 0.329 e. The van der Waals surface area contributed by atoms with Crippen LogP contribution >= 0.6 is 0 Å². The molecule has 0 spiro atoms. The Kier molecular flexibility index (Phi) is 9.75. The Morgan fingerprint density at radius 2 is 1.63 bits per heavy atom. The second-order valence-electron chi connectivity index (χ2n) is 9.79. The molecular weight excluding hydrogens is 458 g/mol. The summed E-state index contributed by atoms with van der Waals surface area (Å²) >= 11 is 0. The van der Waals surface area contributed by atoms with Gasteiger partial charge >= 0.3 is 12.0 Å². The van der Waals surface area contributed by atoms with Gasteiger partial charge in [-0.1, -0.05) is 26.7 Å². The van der Waals surface area contributed by atoms with Gasteiger partial charge in [-0.15, -0.1) is 0 Å². The summed E-state index contributed by atoms with van der Waals surface area (Å²) in [4.78, 5) is 26.7. The van der Waals surface area contributed by atoms with Gasteiger partial charge in [0.1, 0.15) is 11.5 Å².